The Morgan fingerprint density at radius 3 is 2.24 bits per heavy atom. The highest BCUT2D eigenvalue weighted by Gasteiger charge is 2.09. The zero-order chi connectivity index (χ0) is 18.1. The second-order valence-corrected chi connectivity index (χ2v) is 5.32. The predicted molar refractivity (Wildman–Crippen MR) is 92.0 cm³/mol. The zero-order valence-corrected chi connectivity index (χ0v) is 13.9. The molecule has 3 amide bonds. The van der Waals surface area contributed by atoms with Crippen molar-refractivity contribution in [3.63, 3.8) is 0 Å². The predicted octanol–water partition coefficient (Wildman–Crippen LogP) is 1.30. The van der Waals surface area contributed by atoms with E-state index in [1.54, 1.807) is 36.4 Å². The Morgan fingerprint density at radius 2 is 1.56 bits per heavy atom. The van der Waals surface area contributed by atoms with Crippen LogP contribution in [-0.4, -0.2) is 30.9 Å². The van der Waals surface area contributed by atoms with E-state index in [1.807, 2.05) is 6.07 Å². The second kappa shape index (κ2) is 9.29. The summed E-state index contributed by atoms with van der Waals surface area (Å²) in [6.45, 7) is -0.508. The number of hydrazine groups is 1. The molecule has 0 bridgehead atoms. The van der Waals surface area contributed by atoms with Gasteiger partial charge in [-0.25, -0.2) is 0 Å². The van der Waals surface area contributed by atoms with Gasteiger partial charge in [-0.3, -0.25) is 25.2 Å². The molecular weight excluding hydrogens is 346 g/mol. The largest absolute Gasteiger partial charge is 0.484 e. The number of nitrogens with one attached hydrogen (secondary N) is 3. The van der Waals surface area contributed by atoms with Crippen molar-refractivity contribution in [2.75, 3.05) is 13.2 Å². The Balaban J connectivity index is 1.65. The van der Waals surface area contributed by atoms with Gasteiger partial charge in [-0.2, -0.15) is 0 Å². The summed E-state index contributed by atoms with van der Waals surface area (Å²) in [5.74, 6) is -0.973. The van der Waals surface area contributed by atoms with E-state index in [2.05, 4.69) is 16.2 Å². The van der Waals surface area contributed by atoms with Crippen LogP contribution in [-0.2, 0) is 9.59 Å². The summed E-state index contributed by atoms with van der Waals surface area (Å²) < 4.78 is 5.24. The van der Waals surface area contributed by atoms with Crippen LogP contribution in [0.25, 0.3) is 0 Å². The number of halogens is 1. The molecule has 0 aromatic heterocycles. The Bertz CT molecular complexity index is 735. The van der Waals surface area contributed by atoms with Gasteiger partial charge < -0.3 is 10.1 Å². The normalized spacial score (nSPS) is 9.80. The fraction of sp³-hybridized carbons (Fsp3) is 0.118. The number of carbonyl (C=O) groups is 3. The number of ether oxygens (including phenoxy) is 1. The summed E-state index contributed by atoms with van der Waals surface area (Å²) in [5, 5.41) is 2.88. The maximum absolute atomic E-state index is 11.8. The molecule has 7 nitrogen and oxygen atoms in total. The van der Waals surface area contributed by atoms with Crippen molar-refractivity contribution in [1.29, 1.82) is 0 Å². The Kier molecular flexibility index (Phi) is 6.79. The average Bonchev–Trinajstić information content (AvgIpc) is 2.64. The van der Waals surface area contributed by atoms with Crippen LogP contribution in [0.2, 0.25) is 5.02 Å². The number of rotatable bonds is 6. The minimum absolute atomic E-state index is 0.214. The molecule has 0 radical (unpaired) electrons. The van der Waals surface area contributed by atoms with Gasteiger partial charge in [-0.1, -0.05) is 29.8 Å². The van der Waals surface area contributed by atoms with Gasteiger partial charge in [0.15, 0.2) is 6.61 Å². The van der Waals surface area contributed by atoms with Crippen LogP contribution in [0, 0.1) is 0 Å². The van der Waals surface area contributed by atoms with Crippen LogP contribution >= 0.6 is 11.6 Å². The highest BCUT2D eigenvalue weighted by atomic mass is 35.5. The van der Waals surface area contributed by atoms with Crippen LogP contribution in [0.4, 0.5) is 0 Å². The third-order valence-electron chi connectivity index (χ3n) is 2.98. The van der Waals surface area contributed by atoms with Crippen LogP contribution < -0.4 is 20.9 Å². The second-order valence-electron chi connectivity index (χ2n) is 4.89. The summed E-state index contributed by atoms with van der Waals surface area (Å²) in [5.41, 5.74) is 4.77. The van der Waals surface area contributed by atoms with Gasteiger partial charge in [-0.15, -0.1) is 0 Å². The summed E-state index contributed by atoms with van der Waals surface area (Å²) in [7, 11) is 0. The summed E-state index contributed by atoms with van der Waals surface area (Å²) >= 11 is 5.73. The fourth-order valence-corrected chi connectivity index (χ4v) is 1.87. The van der Waals surface area contributed by atoms with Gasteiger partial charge in [0.2, 0.25) is 0 Å². The van der Waals surface area contributed by atoms with Crippen molar-refractivity contribution in [2.24, 2.45) is 0 Å². The van der Waals surface area contributed by atoms with Crippen molar-refractivity contribution >= 4 is 29.3 Å². The van der Waals surface area contributed by atoms with Gasteiger partial charge in [0.25, 0.3) is 17.7 Å². The van der Waals surface area contributed by atoms with Crippen LogP contribution in [0.3, 0.4) is 0 Å². The summed E-state index contributed by atoms with van der Waals surface area (Å²) in [4.78, 5) is 35.0. The lowest BCUT2D eigenvalue weighted by atomic mass is 10.2. The molecule has 2 rings (SSSR count). The maximum atomic E-state index is 11.8. The Labute approximate surface area is 149 Å². The highest BCUT2D eigenvalue weighted by Crippen LogP contribution is 2.09. The van der Waals surface area contributed by atoms with E-state index in [9.17, 15) is 14.4 Å². The van der Waals surface area contributed by atoms with Gasteiger partial charge in [0.05, 0.1) is 6.54 Å². The minimum atomic E-state index is -0.574. The quantitative estimate of drug-likeness (QED) is 0.675. The highest BCUT2D eigenvalue weighted by molar-refractivity contribution is 6.30. The van der Waals surface area contributed by atoms with E-state index in [0.717, 1.165) is 0 Å². The third-order valence-corrected chi connectivity index (χ3v) is 3.23. The lowest BCUT2D eigenvalue weighted by molar-refractivity contribution is -0.127. The lowest BCUT2D eigenvalue weighted by Gasteiger charge is -2.09. The molecule has 0 aliphatic rings. The number of benzene rings is 2. The molecular formula is C17H16ClN3O4. The smallest absolute Gasteiger partial charge is 0.269 e. The first kappa shape index (κ1) is 18.3. The molecule has 25 heavy (non-hydrogen) atoms. The van der Waals surface area contributed by atoms with E-state index in [0.29, 0.717) is 16.3 Å². The molecule has 0 heterocycles. The topological polar surface area (TPSA) is 96.5 Å². The molecule has 0 fully saturated rings. The van der Waals surface area contributed by atoms with E-state index in [1.165, 1.54) is 12.1 Å². The van der Waals surface area contributed by atoms with Crippen molar-refractivity contribution in [3.8, 4) is 5.75 Å². The summed E-state index contributed by atoms with van der Waals surface area (Å²) in [6.07, 6.45) is 0. The molecule has 2 aromatic carbocycles. The first-order chi connectivity index (χ1) is 12.0. The summed E-state index contributed by atoms with van der Waals surface area (Å²) in [6, 6.07) is 15.0. The molecule has 8 heteroatoms. The molecule has 130 valence electrons. The average molecular weight is 362 g/mol. The number of amides is 3. The lowest BCUT2D eigenvalue weighted by Crippen LogP contribution is -2.46. The third kappa shape index (κ3) is 6.52. The van der Waals surface area contributed by atoms with Gasteiger partial charge >= 0.3 is 0 Å². The monoisotopic (exact) mass is 361 g/mol. The van der Waals surface area contributed by atoms with Crippen LogP contribution in [0.1, 0.15) is 10.4 Å². The fourth-order valence-electron chi connectivity index (χ4n) is 1.74. The van der Waals surface area contributed by atoms with Crippen LogP contribution in [0.5, 0.6) is 5.75 Å². The van der Waals surface area contributed by atoms with Gasteiger partial charge in [0, 0.05) is 10.6 Å². The molecule has 0 atom stereocenters. The number of hydrogen-bond acceptors (Lipinski definition) is 4. The molecule has 0 saturated carbocycles. The van der Waals surface area contributed by atoms with E-state index in [-0.39, 0.29) is 13.2 Å². The van der Waals surface area contributed by atoms with E-state index < -0.39 is 17.7 Å². The van der Waals surface area contributed by atoms with Crippen molar-refractivity contribution in [3.05, 3.63) is 65.2 Å². The maximum Gasteiger partial charge on any atom is 0.269 e. The molecule has 0 saturated heterocycles. The van der Waals surface area contributed by atoms with E-state index in [4.69, 9.17) is 16.3 Å². The van der Waals surface area contributed by atoms with Crippen molar-refractivity contribution in [1.82, 2.24) is 16.2 Å². The molecule has 2 aromatic rings. The Morgan fingerprint density at radius 1 is 0.880 bits per heavy atom. The molecule has 0 unspecified atom stereocenters. The SMILES string of the molecule is O=C(COc1ccccc1)NCC(=O)NNC(=O)c1ccc(Cl)cc1. The first-order valence-electron chi connectivity index (χ1n) is 7.34. The van der Waals surface area contributed by atoms with Gasteiger partial charge in [0.1, 0.15) is 5.75 Å². The minimum Gasteiger partial charge on any atom is -0.484 e. The molecule has 3 N–H and O–H groups in total. The standard InChI is InChI=1S/C17H16ClN3O4/c18-13-8-6-12(7-9-13)17(24)21-20-15(22)10-19-16(23)11-25-14-4-2-1-3-5-14/h1-9H,10-11H2,(H,19,23)(H,20,22)(H,21,24). The number of hydrogen-bond donors (Lipinski definition) is 3. The number of carbonyl (C=O) groups excluding carboxylic acids is 3. The van der Waals surface area contributed by atoms with Crippen molar-refractivity contribution < 1.29 is 19.1 Å². The van der Waals surface area contributed by atoms with Gasteiger partial charge in [-0.05, 0) is 36.4 Å². The zero-order valence-electron chi connectivity index (χ0n) is 13.1. The molecule has 0 aliphatic carbocycles. The van der Waals surface area contributed by atoms with Crippen molar-refractivity contribution in [2.45, 2.75) is 0 Å². The number of para-hydroxylation sites is 1. The first-order valence-corrected chi connectivity index (χ1v) is 7.71. The van der Waals surface area contributed by atoms with E-state index >= 15 is 0 Å². The van der Waals surface area contributed by atoms with Crippen LogP contribution in [0.15, 0.2) is 54.6 Å². The molecule has 0 aliphatic heterocycles. The molecule has 0 spiro atoms. The Hall–Kier alpha value is -3.06.